The third-order valence-electron chi connectivity index (χ3n) is 7.47. The summed E-state index contributed by atoms with van der Waals surface area (Å²) in [6, 6.07) is 9.48. The fourth-order valence-corrected chi connectivity index (χ4v) is 5.21. The number of nitrogens with zero attached hydrogens (tertiary/aromatic N) is 4. The van der Waals surface area contributed by atoms with Gasteiger partial charge in [-0.3, -0.25) is 4.79 Å². The smallest absolute Gasteiger partial charge is 0.272 e. The van der Waals surface area contributed by atoms with E-state index in [1.807, 2.05) is 11.8 Å². The summed E-state index contributed by atoms with van der Waals surface area (Å²) < 4.78 is 0. The molecule has 34 heavy (non-hydrogen) atoms. The van der Waals surface area contributed by atoms with E-state index in [0.29, 0.717) is 11.7 Å². The normalized spacial score (nSPS) is 18.2. The lowest BCUT2D eigenvalue weighted by Crippen LogP contribution is -2.48. The van der Waals surface area contributed by atoms with Gasteiger partial charge in [0.25, 0.3) is 5.91 Å². The van der Waals surface area contributed by atoms with Crippen LogP contribution < -0.4 is 5.32 Å². The molecule has 1 amide bonds. The van der Waals surface area contributed by atoms with E-state index in [2.05, 4.69) is 65.2 Å². The predicted molar refractivity (Wildman–Crippen MR) is 138 cm³/mol. The van der Waals surface area contributed by atoms with Crippen molar-refractivity contribution in [2.24, 2.45) is 0 Å². The highest BCUT2D eigenvalue weighted by molar-refractivity contribution is 5.94. The molecule has 4 rings (SSSR count). The second-order valence-electron chi connectivity index (χ2n) is 10.9. The van der Waals surface area contributed by atoms with Crippen LogP contribution in [-0.2, 0) is 11.8 Å². The van der Waals surface area contributed by atoms with Gasteiger partial charge in [0, 0.05) is 31.2 Å². The number of piperidine rings is 2. The number of nitrogens with one attached hydrogen (secondary N) is 1. The highest BCUT2D eigenvalue weighted by Crippen LogP contribution is 2.24. The van der Waals surface area contributed by atoms with Gasteiger partial charge in [0.1, 0.15) is 17.8 Å². The summed E-state index contributed by atoms with van der Waals surface area (Å²) in [5.41, 5.74) is 4.18. The van der Waals surface area contributed by atoms with Gasteiger partial charge < -0.3 is 15.1 Å². The first-order valence-electron chi connectivity index (χ1n) is 13.0. The van der Waals surface area contributed by atoms with Crippen molar-refractivity contribution in [3.63, 3.8) is 0 Å². The van der Waals surface area contributed by atoms with Gasteiger partial charge in [-0.25, -0.2) is 9.97 Å². The first-order valence-corrected chi connectivity index (χ1v) is 13.0. The van der Waals surface area contributed by atoms with Crippen LogP contribution in [0.3, 0.4) is 0 Å². The lowest BCUT2D eigenvalue weighted by molar-refractivity contribution is 0.0584. The van der Waals surface area contributed by atoms with Crippen LogP contribution in [0.1, 0.15) is 80.1 Å². The number of anilines is 1. The zero-order valence-electron chi connectivity index (χ0n) is 21.4. The van der Waals surface area contributed by atoms with Gasteiger partial charge in [0.15, 0.2) is 0 Å². The summed E-state index contributed by atoms with van der Waals surface area (Å²) in [5.74, 6) is 0.797. The van der Waals surface area contributed by atoms with Gasteiger partial charge in [-0.1, -0.05) is 51.5 Å². The van der Waals surface area contributed by atoms with Gasteiger partial charge in [-0.05, 0) is 68.7 Å². The Bertz CT molecular complexity index is 952. The fraction of sp³-hybridized carbons (Fsp3) is 0.607. The number of hydrogen-bond acceptors (Lipinski definition) is 5. The van der Waals surface area contributed by atoms with E-state index < -0.39 is 0 Å². The summed E-state index contributed by atoms with van der Waals surface area (Å²) in [7, 11) is 0. The molecule has 1 aromatic carbocycles. The van der Waals surface area contributed by atoms with Crippen molar-refractivity contribution in [2.75, 3.05) is 38.0 Å². The van der Waals surface area contributed by atoms with Crippen LogP contribution in [0.2, 0.25) is 0 Å². The monoisotopic (exact) mass is 463 g/mol. The number of rotatable bonds is 6. The summed E-state index contributed by atoms with van der Waals surface area (Å²) in [4.78, 5) is 26.7. The molecule has 2 aromatic rings. The Kier molecular flexibility index (Phi) is 7.87. The first kappa shape index (κ1) is 24.6. The molecular formula is C28H41N5O. The maximum Gasteiger partial charge on any atom is 0.272 e. The number of aromatic nitrogens is 2. The third kappa shape index (κ3) is 5.96. The van der Waals surface area contributed by atoms with Crippen LogP contribution >= 0.6 is 0 Å². The van der Waals surface area contributed by atoms with Crippen LogP contribution in [0.5, 0.6) is 0 Å². The Hall–Kier alpha value is -2.47. The Morgan fingerprint density at radius 1 is 1.00 bits per heavy atom. The van der Waals surface area contributed by atoms with Crippen molar-refractivity contribution < 1.29 is 4.79 Å². The molecule has 6 nitrogen and oxygen atoms in total. The molecule has 3 heterocycles. The van der Waals surface area contributed by atoms with E-state index in [1.54, 1.807) is 0 Å². The van der Waals surface area contributed by atoms with Gasteiger partial charge in [-0.15, -0.1) is 0 Å². The Labute approximate surface area is 205 Å². The van der Waals surface area contributed by atoms with E-state index in [9.17, 15) is 4.79 Å². The molecule has 0 atom stereocenters. The predicted octanol–water partition coefficient (Wildman–Crippen LogP) is 4.83. The largest absolute Gasteiger partial charge is 0.369 e. The molecule has 0 radical (unpaired) electrons. The maximum atomic E-state index is 13.3. The summed E-state index contributed by atoms with van der Waals surface area (Å²) in [6.45, 7) is 13.5. The van der Waals surface area contributed by atoms with Crippen molar-refractivity contribution in [3.05, 3.63) is 53.0 Å². The van der Waals surface area contributed by atoms with Crippen LogP contribution in [0.15, 0.2) is 30.6 Å². The average Bonchev–Trinajstić information content (AvgIpc) is 2.85. The highest BCUT2D eigenvalue weighted by Gasteiger charge is 2.29. The molecule has 1 N–H and O–H groups in total. The molecule has 2 fully saturated rings. The number of carbonyl (C=O) groups excluding carboxylic acids is 1. The molecule has 0 spiro atoms. The van der Waals surface area contributed by atoms with E-state index in [1.165, 1.54) is 49.8 Å². The van der Waals surface area contributed by atoms with Crippen molar-refractivity contribution in [2.45, 2.75) is 77.7 Å². The van der Waals surface area contributed by atoms with Crippen molar-refractivity contribution in [1.29, 1.82) is 0 Å². The van der Waals surface area contributed by atoms with Crippen LogP contribution in [-0.4, -0.2) is 64.4 Å². The average molecular weight is 464 g/mol. The second-order valence-corrected chi connectivity index (χ2v) is 10.9. The fourth-order valence-electron chi connectivity index (χ4n) is 5.21. The van der Waals surface area contributed by atoms with Crippen LogP contribution in [0.25, 0.3) is 0 Å². The molecular weight excluding hydrogens is 422 g/mol. The lowest BCUT2D eigenvalue weighted by atomic mass is 9.86. The number of hydrogen-bond donors (Lipinski definition) is 1. The van der Waals surface area contributed by atoms with Gasteiger partial charge in [0.2, 0.25) is 0 Å². The molecule has 0 aliphatic carbocycles. The van der Waals surface area contributed by atoms with Crippen LogP contribution in [0.4, 0.5) is 5.82 Å². The second kappa shape index (κ2) is 10.9. The summed E-state index contributed by atoms with van der Waals surface area (Å²) in [5, 5.41) is 3.43. The number of likely N-dealkylation sites (tertiary alicyclic amines) is 2. The van der Waals surface area contributed by atoms with Crippen molar-refractivity contribution >= 4 is 11.7 Å². The van der Waals surface area contributed by atoms with Gasteiger partial charge >= 0.3 is 0 Å². The SMILES string of the molecule is Cc1c(NCCc2ccc(C(C)(C)C)cc2)ncnc1C(=O)N1CCC(N2CCCCC2)CC1. The maximum absolute atomic E-state index is 13.3. The van der Waals surface area contributed by atoms with E-state index >= 15 is 0 Å². The topological polar surface area (TPSA) is 61.4 Å². The summed E-state index contributed by atoms with van der Waals surface area (Å²) in [6.07, 6.45) is 8.54. The zero-order valence-corrected chi connectivity index (χ0v) is 21.4. The first-order chi connectivity index (χ1) is 16.3. The summed E-state index contributed by atoms with van der Waals surface area (Å²) >= 11 is 0. The van der Waals surface area contributed by atoms with Gasteiger partial charge in [0.05, 0.1) is 0 Å². The van der Waals surface area contributed by atoms with Gasteiger partial charge in [-0.2, -0.15) is 0 Å². The minimum Gasteiger partial charge on any atom is -0.369 e. The van der Waals surface area contributed by atoms with E-state index in [4.69, 9.17) is 0 Å². The molecule has 0 unspecified atom stereocenters. The molecule has 184 valence electrons. The molecule has 2 aliphatic heterocycles. The van der Waals surface area contributed by atoms with E-state index in [0.717, 1.165) is 50.3 Å². The number of benzene rings is 1. The molecule has 0 bridgehead atoms. The quantitative estimate of drug-likeness (QED) is 0.665. The standard InChI is InChI=1S/C28H41N5O/c1-21-25(27(34)33-18-13-24(14-19-33)32-16-6-5-7-17-32)30-20-31-26(21)29-15-12-22-8-10-23(11-9-22)28(2,3)4/h8-11,20,24H,5-7,12-19H2,1-4H3,(H,29,30,31). The number of carbonyl (C=O) groups is 1. The zero-order chi connectivity index (χ0) is 24.1. The molecule has 1 aromatic heterocycles. The lowest BCUT2D eigenvalue weighted by Gasteiger charge is -2.40. The van der Waals surface area contributed by atoms with Crippen molar-refractivity contribution in [1.82, 2.24) is 19.8 Å². The van der Waals surface area contributed by atoms with E-state index in [-0.39, 0.29) is 11.3 Å². The molecule has 0 saturated carbocycles. The Balaban J connectivity index is 1.31. The van der Waals surface area contributed by atoms with Crippen LogP contribution in [0, 0.1) is 6.92 Å². The molecule has 2 aliphatic rings. The van der Waals surface area contributed by atoms with Crippen molar-refractivity contribution in [3.8, 4) is 0 Å². The minimum atomic E-state index is 0.0396. The highest BCUT2D eigenvalue weighted by atomic mass is 16.2. The minimum absolute atomic E-state index is 0.0396. The Morgan fingerprint density at radius 2 is 1.68 bits per heavy atom. The third-order valence-corrected chi connectivity index (χ3v) is 7.47. The molecule has 6 heteroatoms. The Morgan fingerprint density at radius 3 is 2.32 bits per heavy atom. The number of amides is 1. The molecule has 2 saturated heterocycles.